The zero-order valence-electron chi connectivity index (χ0n) is 15.3. The molecule has 0 unspecified atom stereocenters. The summed E-state index contributed by atoms with van der Waals surface area (Å²) in [7, 11) is 0. The molecule has 4 heterocycles. The van der Waals surface area contributed by atoms with Gasteiger partial charge in [-0.25, -0.2) is 24.7 Å². The minimum atomic E-state index is -0.296. The van der Waals surface area contributed by atoms with Gasteiger partial charge in [-0.2, -0.15) is 0 Å². The number of anilines is 2. The number of hydrogen-bond donors (Lipinski definition) is 0. The molecule has 3 aromatic heterocycles. The molecule has 1 saturated heterocycles. The molecular formula is C18H20N6O2S. The summed E-state index contributed by atoms with van der Waals surface area (Å²) < 4.78 is 5.18. The molecule has 0 aromatic carbocycles. The minimum Gasteiger partial charge on any atom is -0.462 e. The lowest BCUT2D eigenvalue weighted by molar-refractivity contribution is 0.0531. The third-order valence-electron chi connectivity index (χ3n) is 4.58. The molecule has 1 fully saturated rings. The van der Waals surface area contributed by atoms with Crippen molar-refractivity contribution in [1.29, 1.82) is 0 Å². The second-order valence-corrected chi connectivity index (χ2v) is 7.18. The quantitative estimate of drug-likeness (QED) is 0.634. The van der Waals surface area contributed by atoms with E-state index >= 15 is 0 Å². The molecule has 0 atom stereocenters. The summed E-state index contributed by atoms with van der Waals surface area (Å²) in [6.07, 6.45) is 5.08. The second kappa shape index (κ2) is 7.43. The van der Waals surface area contributed by atoms with E-state index in [0.717, 1.165) is 53.7 Å². The van der Waals surface area contributed by atoms with Crippen molar-refractivity contribution in [1.82, 2.24) is 19.9 Å². The molecule has 27 heavy (non-hydrogen) atoms. The van der Waals surface area contributed by atoms with Crippen LogP contribution in [0.3, 0.4) is 0 Å². The number of carbonyl (C=O) groups excluding carboxylic acids is 1. The van der Waals surface area contributed by atoms with Crippen LogP contribution in [0.5, 0.6) is 0 Å². The van der Waals surface area contributed by atoms with Gasteiger partial charge in [-0.15, -0.1) is 11.3 Å². The number of aryl methyl sites for hydroxylation is 1. The highest BCUT2D eigenvalue weighted by Gasteiger charge is 2.25. The van der Waals surface area contributed by atoms with E-state index in [1.54, 1.807) is 18.7 Å². The minimum absolute atomic E-state index is 0.296. The van der Waals surface area contributed by atoms with Gasteiger partial charge in [-0.05, 0) is 25.5 Å². The Bertz CT molecular complexity index is 953. The van der Waals surface area contributed by atoms with Gasteiger partial charge in [0.2, 0.25) is 5.95 Å². The number of nitrogens with zero attached hydrogens (tertiary/aromatic N) is 6. The van der Waals surface area contributed by atoms with Crippen LogP contribution in [0.4, 0.5) is 11.8 Å². The van der Waals surface area contributed by atoms with Gasteiger partial charge >= 0.3 is 5.97 Å². The van der Waals surface area contributed by atoms with Crippen molar-refractivity contribution in [2.24, 2.45) is 0 Å². The molecule has 8 nitrogen and oxygen atoms in total. The van der Waals surface area contributed by atoms with E-state index in [1.807, 2.05) is 19.9 Å². The van der Waals surface area contributed by atoms with Crippen molar-refractivity contribution in [2.45, 2.75) is 13.8 Å². The second-order valence-electron chi connectivity index (χ2n) is 6.18. The molecule has 1 aliphatic heterocycles. The standard InChI is InChI=1S/C18H20N6O2S/c1-3-26-17(25)14-12(2)13-15(21-11-22-16(13)27-14)23-7-9-24(10-8-23)18-19-5-4-6-20-18/h4-6,11H,3,7-10H2,1-2H3. The number of ether oxygens (including phenoxy) is 1. The monoisotopic (exact) mass is 384 g/mol. The van der Waals surface area contributed by atoms with Crippen molar-refractivity contribution in [3.05, 3.63) is 35.2 Å². The van der Waals surface area contributed by atoms with E-state index < -0.39 is 0 Å². The lowest BCUT2D eigenvalue weighted by Gasteiger charge is -2.35. The predicted molar refractivity (Wildman–Crippen MR) is 105 cm³/mol. The first-order chi connectivity index (χ1) is 13.2. The van der Waals surface area contributed by atoms with Gasteiger partial charge in [0.1, 0.15) is 21.9 Å². The van der Waals surface area contributed by atoms with Gasteiger partial charge in [0.05, 0.1) is 12.0 Å². The molecular weight excluding hydrogens is 364 g/mol. The molecule has 3 aromatic rings. The summed E-state index contributed by atoms with van der Waals surface area (Å²) in [6.45, 7) is 7.32. The van der Waals surface area contributed by atoms with E-state index in [9.17, 15) is 4.79 Å². The molecule has 0 bridgehead atoms. The van der Waals surface area contributed by atoms with Crippen LogP contribution in [0.15, 0.2) is 24.8 Å². The van der Waals surface area contributed by atoms with Crippen LogP contribution in [0.25, 0.3) is 10.2 Å². The third kappa shape index (κ3) is 3.30. The van der Waals surface area contributed by atoms with E-state index in [2.05, 4.69) is 29.7 Å². The Labute approximate surface area is 160 Å². The maximum atomic E-state index is 12.2. The summed E-state index contributed by atoms with van der Waals surface area (Å²) in [6, 6.07) is 1.82. The molecule has 0 radical (unpaired) electrons. The van der Waals surface area contributed by atoms with E-state index in [4.69, 9.17) is 4.74 Å². The first-order valence-corrected chi connectivity index (χ1v) is 9.68. The largest absolute Gasteiger partial charge is 0.462 e. The van der Waals surface area contributed by atoms with Gasteiger partial charge in [0.15, 0.2) is 0 Å². The zero-order valence-corrected chi connectivity index (χ0v) is 16.1. The van der Waals surface area contributed by atoms with Crippen LogP contribution < -0.4 is 9.80 Å². The molecule has 140 valence electrons. The highest BCUT2D eigenvalue weighted by Crippen LogP contribution is 2.35. The van der Waals surface area contributed by atoms with Crippen LogP contribution >= 0.6 is 11.3 Å². The van der Waals surface area contributed by atoms with Crippen LogP contribution in [0.1, 0.15) is 22.2 Å². The van der Waals surface area contributed by atoms with Crippen molar-refractivity contribution in [3.63, 3.8) is 0 Å². The predicted octanol–water partition coefficient (Wildman–Crippen LogP) is 2.29. The Hall–Kier alpha value is -2.81. The Morgan fingerprint density at radius 3 is 2.52 bits per heavy atom. The first-order valence-electron chi connectivity index (χ1n) is 8.87. The summed E-state index contributed by atoms with van der Waals surface area (Å²) in [4.78, 5) is 35.6. The van der Waals surface area contributed by atoms with E-state index in [1.165, 1.54) is 11.3 Å². The van der Waals surface area contributed by atoms with Crippen LogP contribution in [0.2, 0.25) is 0 Å². The third-order valence-corrected chi connectivity index (χ3v) is 5.76. The molecule has 0 spiro atoms. The van der Waals surface area contributed by atoms with E-state index in [-0.39, 0.29) is 5.97 Å². The summed E-state index contributed by atoms with van der Waals surface area (Å²) in [5.74, 6) is 1.33. The molecule has 0 N–H and O–H groups in total. The Kier molecular flexibility index (Phi) is 4.85. The van der Waals surface area contributed by atoms with Crippen LogP contribution in [-0.4, -0.2) is 58.7 Å². The molecule has 0 aliphatic carbocycles. The number of fused-ring (bicyclic) bond motifs is 1. The normalized spacial score (nSPS) is 14.6. The number of aromatic nitrogens is 4. The number of carbonyl (C=O) groups is 1. The molecule has 0 amide bonds. The van der Waals surface area contributed by atoms with Crippen molar-refractivity contribution >= 4 is 39.3 Å². The Morgan fingerprint density at radius 1 is 1.11 bits per heavy atom. The van der Waals surface area contributed by atoms with Gasteiger partial charge in [-0.1, -0.05) is 0 Å². The molecule has 0 saturated carbocycles. The lowest BCUT2D eigenvalue weighted by Crippen LogP contribution is -2.47. The van der Waals surface area contributed by atoms with Crippen molar-refractivity contribution < 1.29 is 9.53 Å². The fraction of sp³-hybridized carbons (Fsp3) is 0.389. The van der Waals surface area contributed by atoms with Gasteiger partial charge in [0.25, 0.3) is 0 Å². The van der Waals surface area contributed by atoms with Gasteiger partial charge in [-0.3, -0.25) is 0 Å². The number of hydrogen-bond acceptors (Lipinski definition) is 9. The molecule has 1 aliphatic rings. The highest BCUT2D eigenvalue weighted by atomic mass is 32.1. The van der Waals surface area contributed by atoms with Gasteiger partial charge in [0, 0.05) is 38.6 Å². The molecule has 4 rings (SSSR count). The smallest absolute Gasteiger partial charge is 0.348 e. The summed E-state index contributed by atoms with van der Waals surface area (Å²) in [5, 5.41) is 0.940. The van der Waals surface area contributed by atoms with Crippen molar-refractivity contribution in [3.8, 4) is 0 Å². The van der Waals surface area contributed by atoms with Crippen LogP contribution in [-0.2, 0) is 4.74 Å². The number of rotatable bonds is 4. The number of esters is 1. The zero-order chi connectivity index (χ0) is 18.8. The highest BCUT2D eigenvalue weighted by molar-refractivity contribution is 7.20. The maximum Gasteiger partial charge on any atom is 0.348 e. The maximum absolute atomic E-state index is 12.2. The van der Waals surface area contributed by atoms with Crippen molar-refractivity contribution in [2.75, 3.05) is 42.6 Å². The SMILES string of the molecule is CCOC(=O)c1sc2ncnc(N3CCN(c4ncccn4)CC3)c2c1C. The Morgan fingerprint density at radius 2 is 1.81 bits per heavy atom. The average molecular weight is 384 g/mol. The van der Waals surface area contributed by atoms with E-state index in [0.29, 0.717) is 11.5 Å². The fourth-order valence-corrected chi connectivity index (χ4v) is 4.29. The average Bonchev–Trinajstić information content (AvgIpc) is 3.06. The lowest BCUT2D eigenvalue weighted by atomic mass is 10.2. The first kappa shape index (κ1) is 17.6. The summed E-state index contributed by atoms with van der Waals surface area (Å²) in [5.41, 5.74) is 0.887. The summed E-state index contributed by atoms with van der Waals surface area (Å²) >= 11 is 1.36. The molecule has 9 heteroatoms. The Balaban J connectivity index is 1.60. The van der Waals surface area contributed by atoms with Crippen LogP contribution in [0, 0.1) is 6.92 Å². The topological polar surface area (TPSA) is 84.3 Å². The fourth-order valence-electron chi connectivity index (χ4n) is 3.26. The number of piperazine rings is 1. The number of thiophene rings is 1. The van der Waals surface area contributed by atoms with Gasteiger partial charge < -0.3 is 14.5 Å².